The minimum atomic E-state index is -0.373. The summed E-state index contributed by atoms with van der Waals surface area (Å²) in [5.74, 6) is 0.161. The van der Waals surface area contributed by atoms with E-state index in [-0.39, 0.29) is 12.5 Å². The lowest BCUT2D eigenvalue weighted by Crippen LogP contribution is -2.20. The SMILES string of the molecule is N#Cc1ccc(Cl)c(NC(=O)COc2ccc(Cl)cc2)c1. The molecule has 2 aromatic rings. The molecular formula is C15H10Cl2N2O2. The van der Waals surface area contributed by atoms with Gasteiger partial charge in [-0.05, 0) is 42.5 Å². The molecule has 0 aliphatic rings. The highest BCUT2D eigenvalue weighted by molar-refractivity contribution is 6.33. The Morgan fingerprint density at radius 2 is 1.90 bits per heavy atom. The van der Waals surface area contributed by atoms with Crippen LogP contribution >= 0.6 is 23.2 Å². The van der Waals surface area contributed by atoms with Crippen LogP contribution in [0.25, 0.3) is 0 Å². The second-order valence-corrected chi connectivity index (χ2v) is 4.94. The second-order valence-electron chi connectivity index (χ2n) is 4.10. The number of nitrogens with one attached hydrogen (secondary N) is 1. The van der Waals surface area contributed by atoms with Gasteiger partial charge in [0, 0.05) is 5.02 Å². The maximum atomic E-state index is 11.8. The predicted octanol–water partition coefficient (Wildman–Crippen LogP) is 3.88. The van der Waals surface area contributed by atoms with Crippen molar-refractivity contribution in [2.24, 2.45) is 0 Å². The van der Waals surface area contributed by atoms with E-state index in [0.29, 0.717) is 27.0 Å². The number of nitrogens with zero attached hydrogens (tertiary/aromatic N) is 1. The molecule has 0 spiro atoms. The van der Waals surface area contributed by atoms with E-state index in [1.807, 2.05) is 6.07 Å². The zero-order valence-corrected chi connectivity index (χ0v) is 12.3. The number of carbonyl (C=O) groups is 1. The number of halogens is 2. The monoisotopic (exact) mass is 320 g/mol. The van der Waals surface area contributed by atoms with E-state index in [1.54, 1.807) is 36.4 Å². The molecular weight excluding hydrogens is 311 g/mol. The molecule has 0 heterocycles. The summed E-state index contributed by atoms with van der Waals surface area (Å²) < 4.78 is 5.31. The molecule has 0 aromatic heterocycles. The standard InChI is InChI=1S/C15H10Cl2N2O2/c16-11-2-4-12(5-3-11)21-9-15(20)19-14-7-10(8-18)1-6-13(14)17/h1-7H,9H2,(H,19,20). The summed E-state index contributed by atoms with van der Waals surface area (Å²) in [7, 11) is 0. The Labute approximate surface area is 131 Å². The van der Waals surface area contributed by atoms with Gasteiger partial charge in [-0.15, -0.1) is 0 Å². The third kappa shape index (κ3) is 4.38. The summed E-state index contributed by atoms with van der Waals surface area (Å²) in [6.07, 6.45) is 0. The van der Waals surface area contributed by atoms with Gasteiger partial charge in [0.25, 0.3) is 5.91 Å². The lowest BCUT2D eigenvalue weighted by atomic mass is 10.2. The van der Waals surface area contributed by atoms with Crippen molar-refractivity contribution in [3.8, 4) is 11.8 Å². The summed E-state index contributed by atoms with van der Waals surface area (Å²) in [6, 6.07) is 13.3. The molecule has 1 N–H and O–H groups in total. The van der Waals surface area contributed by atoms with Crippen LogP contribution in [0.5, 0.6) is 5.75 Å². The van der Waals surface area contributed by atoms with Crippen LogP contribution in [0.2, 0.25) is 10.0 Å². The highest BCUT2D eigenvalue weighted by atomic mass is 35.5. The van der Waals surface area contributed by atoms with Crippen LogP contribution in [-0.4, -0.2) is 12.5 Å². The topological polar surface area (TPSA) is 62.1 Å². The fraction of sp³-hybridized carbons (Fsp3) is 0.0667. The van der Waals surface area contributed by atoms with Crippen molar-refractivity contribution >= 4 is 34.8 Å². The Bertz CT molecular complexity index is 694. The number of rotatable bonds is 4. The third-order valence-electron chi connectivity index (χ3n) is 2.55. The van der Waals surface area contributed by atoms with Crippen molar-refractivity contribution in [3.05, 3.63) is 58.1 Å². The maximum absolute atomic E-state index is 11.8. The summed E-state index contributed by atoms with van der Waals surface area (Å²) in [4.78, 5) is 11.8. The molecule has 4 nitrogen and oxygen atoms in total. The Hall–Kier alpha value is -2.22. The van der Waals surface area contributed by atoms with E-state index >= 15 is 0 Å². The second kappa shape index (κ2) is 6.98. The van der Waals surface area contributed by atoms with Crippen molar-refractivity contribution in [2.45, 2.75) is 0 Å². The number of hydrogen-bond acceptors (Lipinski definition) is 3. The lowest BCUT2D eigenvalue weighted by Gasteiger charge is -2.09. The summed E-state index contributed by atoms with van der Waals surface area (Å²) in [5, 5.41) is 12.4. The highest BCUT2D eigenvalue weighted by Gasteiger charge is 2.08. The number of nitriles is 1. The summed E-state index contributed by atoms with van der Waals surface area (Å²) in [5.41, 5.74) is 0.786. The minimum Gasteiger partial charge on any atom is -0.484 e. The lowest BCUT2D eigenvalue weighted by molar-refractivity contribution is -0.118. The first-order valence-corrected chi connectivity index (χ1v) is 6.72. The number of benzene rings is 2. The molecule has 0 saturated heterocycles. The van der Waals surface area contributed by atoms with E-state index in [2.05, 4.69) is 5.32 Å². The Kier molecular flexibility index (Phi) is 5.04. The first-order valence-electron chi connectivity index (χ1n) is 5.96. The molecule has 0 bridgehead atoms. The molecule has 0 fully saturated rings. The number of hydrogen-bond donors (Lipinski definition) is 1. The van der Waals surface area contributed by atoms with Crippen molar-refractivity contribution in [2.75, 3.05) is 11.9 Å². The van der Waals surface area contributed by atoms with Gasteiger partial charge >= 0.3 is 0 Å². The quantitative estimate of drug-likeness (QED) is 0.929. The van der Waals surface area contributed by atoms with Crippen molar-refractivity contribution in [3.63, 3.8) is 0 Å². The van der Waals surface area contributed by atoms with Gasteiger partial charge < -0.3 is 10.1 Å². The summed E-state index contributed by atoms with van der Waals surface area (Å²) in [6.45, 7) is -0.172. The molecule has 106 valence electrons. The molecule has 0 aliphatic carbocycles. The fourth-order valence-electron chi connectivity index (χ4n) is 1.56. The van der Waals surface area contributed by atoms with Gasteiger partial charge in [0.2, 0.25) is 0 Å². The Balaban J connectivity index is 1.96. The molecule has 0 aliphatic heterocycles. The molecule has 0 unspecified atom stereocenters. The molecule has 21 heavy (non-hydrogen) atoms. The van der Waals surface area contributed by atoms with Gasteiger partial charge in [-0.1, -0.05) is 23.2 Å². The van der Waals surface area contributed by atoms with Gasteiger partial charge in [0.05, 0.1) is 22.3 Å². The van der Waals surface area contributed by atoms with Gasteiger partial charge in [-0.3, -0.25) is 4.79 Å². The highest BCUT2D eigenvalue weighted by Crippen LogP contribution is 2.22. The first kappa shape index (κ1) is 15.2. The van der Waals surface area contributed by atoms with Gasteiger partial charge in [-0.25, -0.2) is 0 Å². The molecule has 2 aromatic carbocycles. The molecule has 6 heteroatoms. The summed E-state index contributed by atoms with van der Waals surface area (Å²) >= 11 is 11.7. The van der Waals surface area contributed by atoms with Crippen LogP contribution in [0.4, 0.5) is 5.69 Å². The molecule has 0 atom stereocenters. The molecule has 1 amide bonds. The van der Waals surface area contributed by atoms with Gasteiger partial charge in [0.15, 0.2) is 6.61 Å². The van der Waals surface area contributed by atoms with E-state index < -0.39 is 0 Å². The number of ether oxygens (including phenoxy) is 1. The van der Waals surface area contributed by atoms with Gasteiger partial charge in [0.1, 0.15) is 5.75 Å². The van der Waals surface area contributed by atoms with E-state index in [0.717, 1.165) is 0 Å². The number of amides is 1. The van der Waals surface area contributed by atoms with Crippen LogP contribution in [0, 0.1) is 11.3 Å². The van der Waals surface area contributed by atoms with Crippen LogP contribution < -0.4 is 10.1 Å². The smallest absolute Gasteiger partial charge is 0.262 e. The number of carbonyl (C=O) groups excluding carboxylic acids is 1. The molecule has 0 radical (unpaired) electrons. The normalized spacial score (nSPS) is 9.76. The van der Waals surface area contributed by atoms with Crippen molar-refractivity contribution < 1.29 is 9.53 Å². The third-order valence-corrected chi connectivity index (χ3v) is 3.13. The van der Waals surface area contributed by atoms with E-state index in [1.165, 1.54) is 6.07 Å². The van der Waals surface area contributed by atoms with E-state index in [9.17, 15) is 4.79 Å². The van der Waals surface area contributed by atoms with Crippen molar-refractivity contribution in [1.82, 2.24) is 0 Å². The zero-order valence-electron chi connectivity index (χ0n) is 10.8. The average molecular weight is 321 g/mol. The average Bonchev–Trinajstić information content (AvgIpc) is 2.49. The largest absolute Gasteiger partial charge is 0.484 e. The predicted molar refractivity (Wildman–Crippen MR) is 81.7 cm³/mol. The number of anilines is 1. The van der Waals surface area contributed by atoms with E-state index in [4.69, 9.17) is 33.2 Å². The maximum Gasteiger partial charge on any atom is 0.262 e. The van der Waals surface area contributed by atoms with Crippen LogP contribution in [0.1, 0.15) is 5.56 Å². The van der Waals surface area contributed by atoms with Crippen molar-refractivity contribution in [1.29, 1.82) is 5.26 Å². The first-order chi connectivity index (χ1) is 10.1. The Morgan fingerprint density at radius 1 is 1.19 bits per heavy atom. The fourth-order valence-corrected chi connectivity index (χ4v) is 1.85. The minimum absolute atomic E-state index is 0.172. The van der Waals surface area contributed by atoms with Crippen LogP contribution in [-0.2, 0) is 4.79 Å². The molecule has 2 rings (SSSR count). The molecule has 0 saturated carbocycles. The van der Waals surface area contributed by atoms with Crippen LogP contribution in [0.3, 0.4) is 0 Å². The van der Waals surface area contributed by atoms with Gasteiger partial charge in [-0.2, -0.15) is 5.26 Å². The Morgan fingerprint density at radius 3 is 2.57 bits per heavy atom. The van der Waals surface area contributed by atoms with Crippen LogP contribution in [0.15, 0.2) is 42.5 Å². The zero-order chi connectivity index (χ0) is 15.2.